The van der Waals surface area contributed by atoms with Gasteiger partial charge in [0.2, 0.25) is 0 Å². The zero-order valence-corrected chi connectivity index (χ0v) is 6.28. The molecule has 0 aliphatic heterocycles. The third kappa shape index (κ3) is 1.33. The summed E-state index contributed by atoms with van der Waals surface area (Å²) in [7, 11) is 0. The van der Waals surface area contributed by atoms with Gasteiger partial charge in [-0.05, 0) is 26.2 Å². The number of hydrogen-bond donors (Lipinski definition) is 1. The van der Waals surface area contributed by atoms with E-state index in [1.54, 1.807) is 0 Å². The van der Waals surface area contributed by atoms with Crippen LogP contribution in [-0.2, 0) is 0 Å². The van der Waals surface area contributed by atoms with Gasteiger partial charge in [-0.2, -0.15) is 0 Å². The zero-order valence-electron chi connectivity index (χ0n) is 6.28. The quantitative estimate of drug-likeness (QED) is 0.532. The van der Waals surface area contributed by atoms with E-state index < -0.39 is 0 Å². The number of nitrogens with two attached hydrogens (primary N) is 1. The third-order valence-corrected chi connectivity index (χ3v) is 2.19. The number of rotatable bonds is 1. The van der Waals surface area contributed by atoms with Crippen LogP contribution in [-0.4, -0.2) is 5.54 Å². The van der Waals surface area contributed by atoms with Gasteiger partial charge in [0.05, 0.1) is 0 Å². The largest absolute Gasteiger partial charge is 0.325 e. The van der Waals surface area contributed by atoms with Gasteiger partial charge in [0.1, 0.15) is 0 Å². The van der Waals surface area contributed by atoms with Crippen molar-refractivity contribution in [1.82, 2.24) is 0 Å². The highest BCUT2D eigenvalue weighted by molar-refractivity contribution is 5.15. The molecule has 1 nitrogen and oxygen atoms in total. The molecule has 0 spiro atoms. The van der Waals surface area contributed by atoms with E-state index in [0.717, 1.165) is 19.3 Å². The molecule has 52 valence electrons. The first-order chi connectivity index (χ1) is 4.16. The van der Waals surface area contributed by atoms with Gasteiger partial charge in [-0.3, -0.25) is 0 Å². The molecule has 1 heteroatoms. The monoisotopic (exact) mass is 125 g/mol. The van der Waals surface area contributed by atoms with Gasteiger partial charge in [0.25, 0.3) is 0 Å². The molecule has 0 radical (unpaired) electrons. The summed E-state index contributed by atoms with van der Waals surface area (Å²) in [6.07, 6.45) is 5.53. The highest BCUT2D eigenvalue weighted by Crippen LogP contribution is 2.28. The van der Waals surface area contributed by atoms with Crippen molar-refractivity contribution < 1.29 is 0 Å². The molecule has 0 saturated heterocycles. The van der Waals surface area contributed by atoms with Crippen molar-refractivity contribution >= 4 is 0 Å². The van der Waals surface area contributed by atoms with Crippen molar-refractivity contribution in [3.8, 4) is 0 Å². The van der Waals surface area contributed by atoms with Crippen LogP contribution in [0, 0.1) is 0 Å². The Morgan fingerprint density at radius 2 is 2.44 bits per heavy atom. The minimum atomic E-state index is 0.115. The Hall–Kier alpha value is -0.300. The molecule has 1 aliphatic rings. The van der Waals surface area contributed by atoms with Crippen molar-refractivity contribution in [2.24, 2.45) is 5.73 Å². The Balaban J connectivity index is 2.53. The molecule has 0 aromatic rings. The van der Waals surface area contributed by atoms with Crippen LogP contribution in [0.5, 0.6) is 0 Å². The lowest BCUT2D eigenvalue weighted by Gasteiger charge is -2.21. The third-order valence-electron chi connectivity index (χ3n) is 2.19. The highest BCUT2D eigenvalue weighted by Gasteiger charge is 2.25. The second-order valence-electron chi connectivity index (χ2n) is 3.15. The minimum Gasteiger partial charge on any atom is -0.325 e. The normalized spacial score (nSPS) is 34.8. The summed E-state index contributed by atoms with van der Waals surface area (Å²) in [5.41, 5.74) is 7.57. The molecule has 1 aliphatic carbocycles. The van der Waals surface area contributed by atoms with Crippen LogP contribution in [0.15, 0.2) is 11.6 Å². The molecule has 0 aromatic carbocycles. The lowest BCUT2D eigenvalue weighted by molar-refractivity contribution is 0.435. The Labute approximate surface area is 56.9 Å². The fourth-order valence-electron chi connectivity index (χ4n) is 1.35. The molecular formula is C8H15N. The van der Waals surface area contributed by atoms with Crippen LogP contribution in [0.25, 0.3) is 0 Å². The molecule has 0 fully saturated rings. The second-order valence-corrected chi connectivity index (χ2v) is 3.15. The average molecular weight is 125 g/mol. The van der Waals surface area contributed by atoms with Gasteiger partial charge < -0.3 is 5.73 Å². The summed E-state index contributed by atoms with van der Waals surface area (Å²) < 4.78 is 0. The maximum Gasteiger partial charge on any atom is 0.0224 e. The van der Waals surface area contributed by atoms with Gasteiger partial charge in [0, 0.05) is 5.54 Å². The van der Waals surface area contributed by atoms with Gasteiger partial charge >= 0.3 is 0 Å². The van der Waals surface area contributed by atoms with E-state index in [4.69, 9.17) is 5.73 Å². The van der Waals surface area contributed by atoms with Gasteiger partial charge in [0.15, 0.2) is 0 Å². The maximum absolute atomic E-state index is 6.00. The zero-order chi connectivity index (χ0) is 6.91. The van der Waals surface area contributed by atoms with Crippen molar-refractivity contribution in [3.63, 3.8) is 0 Å². The SMILES string of the molecule is CCC1(N)CC=C(C)C1. The molecule has 0 amide bonds. The predicted octanol–water partition coefficient (Wildman–Crippen LogP) is 1.83. The predicted molar refractivity (Wildman–Crippen MR) is 40.2 cm³/mol. The highest BCUT2D eigenvalue weighted by atomic mass is 14.7. The van der Waals surface area contributed by atoms with E-state index in [1.165, 1.54) is 5.57 Å². The molecule has 0 saturated carbocycles. The summed E-state index contributed by atoms with van der Waals surface area (Å²) in [5.74, 6) is 0. The van der Waals surface area contributed by atoms with Crippen LogP contribution in [0.1, 0.15) is 33.1 Å². The molecule has 0 bridgehead atoms. The van der Waals surface area contributed by atoms with Crippen LogP contribution in [0.2, 0.25) is 0 Å². The molecule has 0 heterocycles. The first-order valence-electron chi connectivity index (χ1n) is 3.61. The van der Waals surface area contributed by atoms with Crippen LogP contribution in [0.3, 0.4) is 0 Å². The maximum atomic E-state index is 6.00. The molecule has 9 heavy (non-hydrogen) atoms. The van der Waals surface area contributed by atoms with Crippen LogP contribution < -0.4 is 5.73 Å². The van der Waals surface area contributed by atoms with Crippen LogP contribution in [0.4, 0.5) is 0 Å². The lowest BCUT2D eigenvalue weighted by Crippen LogP contribution is -2.35. The fraction of sp³-hybridized carbons (Fsp3) is 0.750. The Bertz CT molecular complexity index is 138. The summed E-state index contributed by atoms with van der Waals surface area (Å²) in [4.78, 5) is 0. The van der Waals surface area contributed by atoms with E-state index in [0.29, 0.717) is 0 Å². The summed E-state index contributed by atoms with van der Waals surface area (Å²) >= 11 is 0. The van der Waals surface area contributed by atoms with Crippen molar-refractivity contribution in [2.75, 3.05) is 0 Å². The Kier molecular flexibility index (Phi) is 1.62. The van der Waals surface area contributed by atoms with Gasteiger partial charge in [-0.25, -0.2) is 0 Å². The van der Waals surface area contributed by atoms with E-state index in [2.05, 4.69) is 19.9 Å². The molecule has 1 unspecified atom stereocenters. The number of hydrogen-bond acceptors (Lipinski definition) is 1. The van der Waals surface area contributed by atoms with Crippen molar-refractivity contribution in [3.05, 3.63) is 11.6 Å². The lowest BCUT2D eigenvalue weighted by atomic mass is 9.94. The molecule has 0 aromatic heterocycles. The Morgan fingerprint density at radius 3 is 2.67 bits per heavy atom. The van der Waals surface area contributed by atoms with E-state index >= 15 is 0 Å². The average Bonchev–Trinajstić information content (AvgIpc) is 2.13. The fourth-order valence-corrected chi connectivity index (χ4v) is 1.35. The summed E-state index contributed by atoms with van der Waals surface area (Å²) in [6, 6.07) is 0. The second kappa shape index (κ2) is 2.14. The van der Waals surface area contributed by atoms with E-state index in [1.807, 2.05) is 0 Å². The summed E-state index contributed by atoms with van der Waals surface area (Å²) in [5, 5.41) is 0. The van der Waals surface area contributed by atoms with Crippen LogP contribution >= 0.6 is 0 Å². The topological polar surface area (TPSA) is 26.0 Å². The molecule has 2 N–H and O–H groups in total. The van der Waals surface area contributed by atoms with E-state index in [9.17, 15) is 0 Å². The smallest absolute Gasteiger partial charge is 0.0224 e. The summed E-state index contributed by atoms with van der Waals surface area (Å²) in [6.45, 7) is 4.32. The minimum absolute atomic E-state index is 0.115. The Morgan fingerprint density at radius 1 is 1.78 bits per heavy atom. The molecule has 1 rings (SSSR count). The van der Waals surface area contributed by atoms with Crippen molar-refractivity contribution in [1.29, 1.82) is 0 Å². The first kappa shape index (κ1) is 6.81. The molecule has 1 atom stereocenters. The van der Waals surface area contributed by atoms with Gasteiger partial charge in [-0.15, -0.1) is 0 Å². The van der Waals surface area contributed by atoms with E-state index in [-0.39, 0.29) is 5.54 Å². The van der Waals surface area contributed by atoms with Gasteiger partial charge in [-0.1, -0.05) is 18.6 Å². The standard InChI is InChI=1S/C8H15N/c1-3-8(9)5-4-7(2)6-8/h4H,3,5-6,9H2,1-2H3. The van der Waals surface area contributed by atoms with Crippen molar-refractivity contribution in [2.45, 2.75) is 38.6 Å². The molecular weight excluding hydrogens is 110 g/mol. The first-order valence-corrected chi connectivity index (χ1v) is 3.61.